The Morgan fingerprint density at radius 2 is 1.88 bits per heavy atom. The predicted molar refractivity (Wildman–Crippen MR) is 65.0 cm³/mol. The normalized spacial score (nSPS) is 30.0. The number of carbonyl (C=O) groups excluding carboxylic acids is 1. The highest BCUT2D eigenvalue weighted by Crippen LogP contribution is 2.28. The number of carbonyl (C=O) groups is 1. The van der Waals surface area contributed by atoms with E-state index in [2.05, 4.69) is 5.32 Å². The fourth-order valence-electron chi connectivity index (χ4n) is 1.98. The van der Waals surface area contributed by atoms with Crippen molar-refractivity contribution in [3.8, 4) is 0 Å². The maximum atomic E-state index is 11.6. The van der Waals surface area contributed by atoms with Crippen molar-refractivity contribution in [1.29, 1.82) is 0 Å². The summed E-state index contributed by atoms with van der Waals surface area (Å²) in [5, 5.41) is 3.37. The molecule has 2 aliphatic rings. The topological polar surface area (TPSA) is 41.6 Å². The summed E-state index contributed by atoms with van der Waals surface area (Å²) in [7, 11) is 0. The number of nitrogens with one attached hydrogen (secondary N) is 1. The third-order valence-electron chi connectivity index (χ3n) is 2.89. The lowest BCUT2D eigenvalue weighted by atomic mass is 10.2. The SMILES string of the molecule is C[C@@H]1CN(C(=S)NC(=O)C2CC2)C[C@@H](C)O1. The first-order valence-electron chi connectivity index (χ1n) is 5.81. The fraction of sp³-hybridized carbons (Fsp3) is 0.818. The van der Waals surface area contributed by atoms with Crippen molar-refractivity contribution in [3.63, 3.8) is 0 Å². The van der Waals surface area contributed by atoms with E-state index in [0.717, 1.165) is 25.9 Å². The predicted octanol–water partition coefficient (Wildman–Crippen LogP) is 0.907. The summed E-state index contributed by atoms with van der Waals surface area (Å²) in [6.07, 6.45) is 2.34. The van der Waals surface area contributed by atoms with Gasteiger partial charge in [0, 0.05) is 19.0 Å². The van der Waals surface area contributed by atoms with Gasteiger partial charge in [-0.05, 0) is 38.9 Å². The molecule has 0 unspecified atom stereocenters. The molecule has 5 heteroatoms. The van der Waals surface area contributed by atoms with Gasteiger partial charge in [-0.25, -0.2) is 0 Å². The molecule has 2 fully saturated rings. The molecular weight excluding hydrogens is 224 g/mol. The highest BCUT2D eigenvalue weighted by Gasteiger charge is 2.32. The lowest BCUT2D eigenvalue weighted by molar-refractivity contribution is -0.121. The molecule has 2 atom stereocenters. The standard InChI is InChI=1S/C11H18N2O2S/c1-7-5-13(6-8(2)15-7)11(16)12-10(14)9-3-4-9/h7-9H,3-6H2,1-2H3,(H,12,14,16)/t7-,8-/m1/s1. The van der Waals surface area contributed by atoms with Crippen molar-refractivity contribution in [2.24, 2.45) is 5.92 Å². The average molecular weight is 242 g/mol. The lowest BCUT2D eigenvalue weighted by Gasteiger charge is -2.36. The first kappa shape index (κ1) is 11.8. The molecule has 2 rings (SSSR count). The van der Waals surface area contributed by atoms with E-state index in [9.17, 15) is 4.79 Å². The Hall–Kier alpha value is -0.680. The smallest absolute Gasteiger partial charge is 0.229 e. The molecule has 1 aliphatic carbocycles. The largest absolute Gasteiger partial charge is 0.372 e. The van der Waals surface area contributed by atoms with Crippen molar-refractivity contribution in [2.45, 2.75) is 38.9 Å². The third-order valence-corrected chi connectivity index (χ3v) is 3.25. The first-order chi connectivity index (χ1) is 7.56. The van der Waals surface area contributed by atoms with Crippen LogP contribution in [-0.4, -0.2) is 41.2 Å². The van der Waals surface area contributed by atoms with E-state index in [1.54, 1.807) is 0 Å². The van der Waals surface area contributed by atoms with Crippen LogP contribution in [0.4, 0.5) is 0 Å². The molecule has 4 nitrogen and oxygen atoms in total. The molecule has 1 heterocycles. The lowest BCUT2D eigenvalue weighted by Crippen LogP contribution is -2.52. The monoisotopic (exact) mass is 242 g/mol. The van der Waals surface area contributed by atoms with Crippen LogP contribution in [0.5, 0.6) is 0 Å². The van der Waals surface area contributed by atoms with Crippen molar-refractivity contribution in [3.05, 3.63) is 0 Å². The van der Waals surface area contributed by atoms with Crippen LogP contribution >= 0.6 is 12.2 Å². The molecule has 16 heavy (non-hydrogen) atoms. The van der Waals surface area contributed by atoms with Gasteiger partial charge in [-0.2, -0.15) is 0 Å². The Balaban J connectivity index is 1.85. The number of amides is 1. The summed E-state index contributed by atoms with van der Waals surface area (Å²) in [5.41, 5.74) is 0. The Bertz CT molecular complexity index is 294. The van der Waals surface area contributed by atoms with Gasteiger partial charge in [-0.3, -0.25) is 4.79 Å². The summed E-state index contributed by atoms with van der Waals surface area (Å²) in [5.74, 6) is 0.283. The zero-order valence-corrected chi connectivity index (χ0v) is 10.5. The van der Waals surface area contributed by atoms with Gasteiger partial charge in [-0.1, -0.05) is 0 Å². The quantitative estimate of drug-likeness (QED) is 0.694. The van der Waals surface area contributed by atoms with Crippen molar-refractivity contribution in [1.82, 2.24) is 10.2 Å². The molecular formula is C11H18N2O2S. The van der Waals surface area contributed by atoms with Crippen LogP contribution in [0.1, 0.15) is 26.7 Å². The molecule has 1 saturated heterocycles. The molecule has 0 spiro atoms. The van der Waals surface area contributed by atoms with Crippen molar-refractivity contribution in [2.75, 3.05) is 13.1 Å². The number of morpholine rings is 1. The maximum absolute atomic E-state index is 11.6. The van der Waals surface area contributed by atoms with Gasteiger partial charge >= 0.3 is 0 Å². The van der Waals surface area contributed by atoms with Crippen LogP contribution in [-0.2, 0) is 9.53 Å². The summed E-state index contributed by atoms with van der Waals surface area (Å²) >= 11 is 5.24. The Kier molecular flexibility index (Phi) is 3.44. The number of hydrogen-bond acceptors (Lipinski definition) is 3. The van der Waals surface area contributed by atoms with Gasteiger partial charge in [0.05, 0.1) is 12.2 Å². The zero-order valence-electron chi connectivity index (χ0n) is 9.73. The van der Waals surface area contributed by atoms with Crippen LogP contribution in [0.15, 0.2) is 0 Å². The molecule has 0 aromatic carbocycles. The van der Waals surface area contributed by atoms with Gasteiger partial charge < -0.3 is 15.0 Å². The summed E-state index contributed by atoms with van der Waals surface area (Å²) < 4.78 is 5.62. The number of thiocarbonyl (C=S) groups is 1. The van der Waals surface area contributed by atoms with Gasteiger partial charge in [0.25, 0.3) is 0 Å². The number of nitrogens with zero attached hydrogens (tertiary/aromatic N) is 1. The molecule has 0 radical (unpaired) electrons. The minimum absolute atomic E-state index is 0.0804. The van der Waals surface area contributed by atoms with Crippen molar-refractivity contribution < 1.29 is 9.53 Å². The molecule has 1 saturated carbocycles. The molecule has 1 N–H and O–H groups in total. The van der Waals surface area contributed by atoms with Crippen LogP contribution in [0.25, 0.3) is 0 Å². The van der Waals surface area contributed by atoms with E-state index < -0.39 is 0 Å². The third kappa shape index (κ3) is 2.92. The molecule has 1 amide bonds. The van der Waals surface area contributed by atoms with E-state index in [0.29, 0.717) is 5.11 Å². The number of rotatable bonds is 1. The second-order valence-corrected chi connectivity index (χ2v) is 5.12. The summed E-state index contributed by atoms with van der Waals surface area (Å²) in [6.45, 7) is 5.56. The molecule has 1 aliphatic heterocycles. The Morgan fingerprint density at radius 3 is 2.38 bits per heavy atom. The number of ether oxygens (including phenoxy) is 1. The molecule has 0 aromatic heterocycles. The molecule has 0 bridgehead atoms. The zero-order chi connectivity index (χ0) is 11.7. The average Bonchev–Trinajstić information content (AvgIpc) is 2.98. The van der Waals surface area contributed by atoms with Crippen LogP contribution in [0.3, 0.4) is 0 Å². The van der Waals surface area contributed by atoms with Crippen LogP contribution < -0.4 is 5.32 Å². The van der Waals surface area contributed by atoms with Crippen LogP contribution in [0.2, 0.25) is 0 Å². The highest BCUT2D eigenvalue weighted by atomic mass is 32.1. The second kappa shape index (κ2) is 4.67. The van der Waals surface area contributed by atoms with E-state index >= 15 is 0 Å². The van der Waals surface area contributed by atoms with E-state index in [1.165, 1.54) is 0 Å². The van der Waals surface area contributed by atoms with Gasteiger partial charge in [0.15, 0.2) is 5.11 Å². The van der Waals surface area contributed by atoms with Gasteiger partial charge in [-0.15, -0.1) is 0 Å². The molecule has 0 aromatic rings. The summed E-state index contributed by atoms with van der Waals surface area (Å²) in [6, 6.07) is 0. The van der Waals surface area contributed by atoms with E-state index in [-0.39, 0.29) is 24.0 Å². The van der Waals surface area contributed by atoms with Crippen LogP contribution in [0, 0.1) is 5.92 Å². The minimum atomic E-state index is 0.0804. The second-order valence-electron chi connectivity index (χ2n) is 4.73. The van der Waals surface area contributed by atoms with Gasteiger partial charge in [0.2, 0.25) is 5.91 Å². The maximum Gasteiger partial charge on any atom is 0.229 e. The Labute approximate surface area is 101 Å². The van der Waals surface area contributed by atoms with E-state index in [1.807, 2.05) is 18.7 Å². The Morgan fingerprint density at radius 1 is 1.31 bits per heavy atom. The van der Waals surface area contributed by atoms with Crippen molar-refractivity contribution >= 4 is 23.2 Å². The highest BCUT2D eigenvalue weighted by molar-refractivity contribution is 7.80. The number of hydrogen-bond donors (Lipinski definition) is 1. The fourth-order valence-corrected chi connectivity index (χ4v) is 2.23. The summed E-state index contributed by atoms with van der Waals surface area (Å²) in [4.78, 5) is 13.6. The molecule has 90 valence electrons. The van der Waals surface area contributed by atoms with Gasteiger partial charge in [0.1, 0.15) is 0 Å². The first-order valence-corrected chi connectivity index (χ1v) is 6.22. The van der Waals surface area contributed by atoms with E-state index in [4.69, 9.17) is 17.0 Å². The minimum Gasteiger partial charge on any atom is -0.372 e.